The van der Waals surface area contributed by atoms with Gasteiger partial charge in [0.25, 0.3) is 5.91 Å². The predicted molar refractivity (Wildman–Crippen MR) is 113 cm³/mol. The highest BCUT2D eigenvalue weighted by Crippen LogP contribution is 2.28. The molecule has 3 aromatic heterocycles. The number of hydrogen-bond acceptors (Lipinski definition) is 7. The number of carbonyl (C=O) groups excluding carboxylic acids is 1. The Morgan fingerprint density at radius 3 is 2.61 bits per heavy atom. The van der Waals surface area contributed by atoms with Gasteiger partial charge in [-0.05, 0) is 30.3 Å². The fourth-order valence-electron chi connectivity index (χ4n) is 2.27. The smallest absolute Gasteiger partial charge is 0.286 e. The molecular weight excluding hydrogens is 414 g/mol. The van der Waals surface area contributed by atoms with Crippen molar-refractivity contribution >= 4 is 57.0 Å². The van der Waals surface area contributed by atoms with E-state index in [4.69, 9.17) is 11.6 Å². The van der Waals surface area contributed by atoms with Crippen LogP contribution in [0.2, 0.25) is 0 Å². The topological polar surface area (TPSA) is 80.7 Å². The second-order valence-corrected chi connectivity index (χ2v) is 7.76. The second kappa shape index (κ2) is 8.39. The molecule has 1 aromatic carbocycles. The quantitative estimate of drug-likeness (QED) is 0.484. The van der Waals surface area contributed by atoms with Gasteiger partial charge >= 0.3 is 0 Å². The van der Waals surface area contributed by atoms with E-state index >= 15 is 0 Å². The van der Waals surface area contributed by atoms with Gasteiger partial charge in [0.1, 0.15) is 5.01 Å². The average molecular weight is 426 g/mol. The van der Waals surface area contributed by atoms with Gasteiger partial charge < -0.3 is 5.32 Å². The Kier molecular flexibility index (Phi) is 5.52. The Morgan fingerprint density at radius 1 is 1.04 bits per heavy atom. The lowest BCUT2D eigenvalue weighted by Gasteiger charge is -2.00. The van der Waals surface area contributed by atoms with Crippen LogP contribution in [0, 0.1) is 0 Å². The summed E-state index contributed by atoms with van der Waals surface area (Å²) in [5.41, 5.74) is 2.19. The number of para-hydroxylation sites is 1. The maximum atomic E-state index is 12.3. The van der Waals surface area contributed by atoms with Crippen LogP contribution >= 0.6 is 34.3 Å². The third-order valence-corrected chi connectivity index (χ3v) is 5.77. The van der Waals surface area contributed by atoms with Crippen molar-refractivity contribution in [3.8, 4) is 10.7 Å². The number of carbonyl (C=O) groups is 1. The number of aromatic nitrogens is 4. The van der Waals surface area contributed by atoms with Crippen LogP contribution in [0.4, 0.5) is 5.69 Å². The summed E-state index contributed by atoms with van der Waals surface area (Å²) in [5, 5.41) is 14.5. The van der Waals surface area contributed by atoms with Crippen LogP contribution in [-0.2, 0) is 0 Å². The number of pyridine rings is 1. The normalized spacial score (nSPS) is 11.4. The molecule has 3 heterocycles. The van der Waals surface area contributed by atoms with Gasteiger partial charge in [0.05, 0.1) is 16.4 Å². The zero-order valence-corrected chi connectivity index (χ0v) is 16.6. The summed E-state index contributed by atoms with van der Waals surface area (Å²) in [4.78, 5) is 21.1. The summed E-state index contributed by atoms with van der Waals surface area (Å²) in [7, 11) is 0. The van der Waals surface area contributed by atoms with E-state index in [1.54, 1.807) is 24.4 Å². The molecule has 4 aromatic rings. The van der Waals surface area contributed by atoms with Gasteiger partial charge in [0, 0.05) is 17.3 Å². The molecule has 4 rings (SSSR count). The van der Waals surface area contributed by atoms with Crippen molar-refractivity contribution in [2.24, 2.45) is 0 Å². The van der Waals surface area contributed by atoms with E-state index in [2.05, 4.69) is 25.5 Å². The first-order valence-corrected chi connectivity index (χ1v) is 10.2. The fraction of sp³-hybridized carbons (Fsp3) is 0. The molecule has 0 saturated heterocycles. The first-order chi connectivity index (χ1) is 13.7. The van der Waals surface area contributed by atoms with Crippen LogP contribution < -0.4 is 5.32 Å². The molecule has 0 atom stereocenters. The largest absolute Gasteiger partial charge is 0.320 e. The Balaban J connectivity index is 1.49. The molecule has 0 bridgehead atoms. The summed E-state index contributed by atoms with van der Waals surface area (Å²) in [6.07, 6.45) is 3.42. The number of hydrogen-bond donors (Lipinski definition) is 1. The molecule has 0 spiro atoms. The molecule has 0 aliphatic rings. The Labute approximate surface area is 173 Å². The van der Waals surface area contributed by atoms with E-state index in [9.17, 15) is 4.79 Å². The number of nitrogens with one attached hydrogen (secondary N) is 1. The molecule has 0 aliphatic carbocycles. The number of thiazole rings is 1. The average Bonchev–Trinajstić information content (AvgIpc) is 3.39. The Morgan fingerprint density at radius 2 is 1.82 bits per heavy atom. The summed E-state index contributed by atoms with van der Waals surface area (Å²) < 4.78 is 0. The van der Waals surface area contributed by atoms with E-state index < -0.39 is 0 Å². The van der Waals surface area contributed by atoms with Crippen LogP contribution in [0.5, 0.6) is 0 Å². The molecule has 138 valence electrons. The Bertz CT molecular complexity index is 1130. The minimum Gasteiger partial charge on any atom is -0.320 e. The van der Waals surface area contributed by atoms with E-state index in [0.29, 0.717) is 21.4 Å². The van der Waals surface area contributed by atoms with Crippen molar-refractivity contribution in [3.63, 3.8) is 0 Å². The fourth-order valence-corrected chi connectivity index (χ4v) is 3.93. The summed E-state index contributed by atoms with van der Waals surface area (Å²) >= 11 is 8.96. The van der Waals surface area contributed by atoms with Crippen LogP contribution in [0.3, 0.4) is 0 Å². The Hall–Kier alpha value is -2.94. The molecule has 0 aliphatic heterocycles. The minimum atomic E-state index is -0.328. The van der Waals surface area contributed by atoms with E-state index in [-0.39, 0.29) is 10.9 Å². The highest BCUT2D eigenvalue weighted by molar-refractivity contribution is 7.15. The van der Waals surface area contributed by atoms with Gasteiger partial charge in [-0.2, -0.15) is 0 Å². The molecule has 6 nitrogen and oxygen atoms in total. The molecule has 9 heteroatoms. The highest BCUT2D eigenvalue weighted by Gasteiger charge is 2.15. The zero-order chi connectivity index (χ0) is 19.3. The van der Waals surface area contributed by atoms with Crippen LogP contribution in [0.15, 0.2) is 60.1 Å². The first kappa shape index (κ1) is 18.4. The van der Waals surface area contributed by atoms with Gasteiger partial charge in [0.15, 0.2) is 5.01 Å². The molecule has 0 unspecified atom stereocenters. The van der Waals surface area contributed by atoms with Gasteiger partial charge in [-0.15, -0.1) is 21.5 Å². The molecule has 1 amide bonds. The van der Waals surface area contributed by atoms with Gasteiger partial charge in [-0.3, -0.25) is 9.78 Å². The van der Waals surface area contributed by atoms with Crippen LogP contribution in [0.25, 0.3) is 21.8 Å². The van der Waals surface area contributed by atoms with E-state index in [1.807, 2.05) is 41.8 Å². The lowest BCUT2D eigenvalue weighted by Crippen LogP contribution is -2.11. The molecule has 0 radical (unpaired) electrons. The standard InChI is InChI=1S/C19H12ClN5OS2/c20-14(10-13-11-27-18(23-13)15-8-4-5-9-21-15)17-24-25-19(28-17)16(26)22-12-6-2-1-3-7-12/h1-11H,(H,22,26)/b14-10-. The van der Waals surface area contributed by atoms with Gasteiger partial charge in [-0.25, -0.2) is 4.98 Å². The van der Waals surface area contributed by atoms with Crippen molar-refractivity contribution in [2.45, 2.75) is 0 Å². The van der Waals surface area contributed by atoms with Crippen LogP contribution in [-0.4, -0.2) is 26.1 Å². The first-order valence-electron chi connectivity index (χ1n) is 8.13. The number of anilines is 1. The number of amides is 1. The third kappa shape index (κ3) is 4.30. The third-order valence-electron chi connectivity index (χ3n) is 3.54. The summed E-state index contributed by atoms with van der Waals surface area (Å²) in [6, 6.07) is 14.8. The molecule has 0 saturated carbocycles. The lowest BCUT2D eigenvalue weighted by atomic mass is 10.3. The lowest BCUT2D eigenvalue weighted by molar-refractivity contribution is 0.102. The molecule has 28 heavy (non-hydrogen) atoms. The van der Waals surface area contributed by atoms with Crippen molar-refractivity contribution in [1.82, 2.24) is 20.2 Å². The molecular formula is C19H12ClN5OS2. The minimum absolute atomic E-state index is 0.234. The van der Waals surface area contributed by atoms with E-state index in [1.165, 1.54) is 11.3 Å². The number of halogens is 1. The van der Waals surface area contributed by atoms with Crippen molar-refractivity contribution < 1.29 is 4.79 Å². The number of nitrogens with zero attached hydrogens (tertiary/aromatic N) is 4. The predicted octanol–water partition coefficient (Wildman–Crippen LogP) is 5.05. The number of rotatable bonds is 5. The van der Waals surface area contributed by atoms with Crippen molar-refractivity contribution in [3.05, 3.63) is 75.8 Å². The van der Waals surface area contributed by atoms with Gasteiger partial charge in [-0.1, -0.05) is 47.2 Å². The second-order valence-electron chi connectivity index (χ2n) is 5.52. The maximum absolute atomic E-state index is 12.3. The van der Waals surface area contributed by atoms with E-state index in [0.717, 1.165) is 22.0 Å². The highest BCUT2D eigenvalue weighted by atomic mass is 35.5. The number of benzene rings is 1. The summed E-state index contributed by atoms with van der Waals surface area (Å²) in [6.45, 7) is 0. The SMILES string of the molecule is O=C(Nc1ccccc1)c1nnc(/C(Cl)=C/c2csc(-c3ccccn3)n2)s1. The maximum Gasteiger partial charge on any atom is 0.286 e. The summed E-state index contributed by atoms with van der Waals surface area (Å²) in [5.74, 6) is -0.328. The van der Waals surface area contributed by atoms with Crippen molar-refractivity contribution in [1.29, 1.82) is 0 Å². The van der Waals surface area contributed by atoms with Gasteiger partial charge in [0.2, 0.25) is 5.01 Å². The molecule has 1 N–H and O–H groups in total. The zero-order valence-electron chi connectivity index (χ0n) is 14.2. The van der Waals surface area contributed by atoms with Crippen LogP contribution in [0.1, 0.15) is 20.5 Å². The van der Waals surface area contributed by atoms with Crippen molar-refractivity contribution in [2.75, 3.05) is 5.32 Å². The molecule has 0 fully saturated rings. The monoisotopic (exact) mass is 425 g/mol.